The highest BCUT2D eigenvalue weighted by atomic mass is 32.1. The molecule has 0 saturated carbocycles. The van der Waals surface area contributed by atoms with Crippen molar-refractivity contribution in [2.45, 2.75) is 19.4 Å². The van der Waals surface area contributed by atoms with Gasteiger partial charge < -0.3 is 10.6 Å². The van der Waals surface area contributed by atoms with E-state index in [4.69, 9.17) is 0 Å². The molecular formula is C13H16N4OS. The SMILES string of the molecule is Cn1nc2c(c1NC(=O)Cc1cccs1)CNCC2. The Morgan fingerprint density at radius 1 is 1.63 bits per heavy atom. The first-order valence-electron chi connectivity index (χ1n) is 6.32. The van der Waals surface area contributed by atoms with Gasteiger partial charge >= 0.3 is 0 Å². The van der Waals surface area contributed by atoms with Gasteiger partial charge in [0.2, 0.25) is 5.91 Å². The number of carbonyl (C=O) groups is 1. The molecule has 0 aromatic carbocycles. The molecule has 0 radical (unpaired) electrons. The number of aryl methyl sites for hydroxylation is 1. The molecule has 2 aromatic heterocycles. The fourth-order valence-electron chi connectivity index (χ4n) is 2.33. The molecular weight excluding hydrogens is 260 g/mol. The van der Waals surface area contributed by atoms with E-state index in [9.17, 15) is 4.79 Å². The number of nitrogens with one attached hydrogen (secondary N) is 2. The van der Waals surface area contributed by atoms with Crippen LogP contribution in [-0.2, 0) is 31.2 Å². The van der Waals surface area contributed by atoms with Crippen LogP contribution in [0.2, 0.25) is 0 Å². The third-order valence-corrected chi connectivity index (χ3v) is 4.12. The minimum Gasteiger partial charge on any atom is -0.312 e. The van der Waals surface area contributed by atoms with E-state index in [2.05, 4.69) is 15.7 Å². The maximum atomic E-state index is 12.0. The van der Waals surface area contributed by atoms with Crippen LogP contribution in [0.4, 0.5) is 5.82 Å². The van der Waals surface area contributed by atoms with Crippen LogP contribution in [0.25, 0.3) is 0 Å². The second-order valence-electron chi connectivity index (χ2n) is 4.63. The first-order valence-corrected chi connectivity index (χ1v) is 7.19. The van der Waals surface area contributed by atoms with E-state index in [0.717, 1.165) is 41.5 Å². The molecule has 0 aliphatic carbocycles. The summed E-state index contributed by atoms with van der Waals surface area (Å²) in [6.45, 7) is 1.73. The van der Waals surface area contributed by atoms with Crippen LogP contribution in [0.15, 0.2) is 17.5 Å². The Morgan fingerprint density at radius 3 is 3.32 bits per heavy atom. The summed E-state index contributed by atoms with van der Waals surface area (Å²) in [6.07, 6.45) is 1.34. The maximum Gasteiger partial charge on any atom is 0.230 e. The van der Waals surface area contributed by atoms with E-state index >= 15 is 0 Å². The van der Waals surface area contributed by atoms with Gasteiger partial charge in [-0.25, -0.2) is 0 Å². The average Bonchev–Trinajstić information content (AvgIpc) is 2.99. The van der Waals surface area contributed by atoms with Crippen molar-refractivity contribution in [1.82, 2.24) is 15.1 Å². The minimum atomic E-state index is 0.0128. The van der Waals surface area contributed by atoms with Gasteiger partial charge in [0.25, 0.3) is 0 Å². The van der Waals surface area contributed by atoms with E-state index in [1.807, 2.05) is 24.6 Å². The minimum absolute atomic E-state index is 0.0128. The van der Waals surface area contributed by atoms with Crippen LogP contribution >= 0.6 is 11.3 Å². The first kappa shape index (κ1) is 12.4. The Hall–Kier alpha value is -1.66. The van der Waals surface area contributed by atoms with Crippen molar-refractivity contribution in [2.24, 2.45) is 7.05 Å². The van der Waals surface area contributed by atoms with E-state index in [0.29, 0.717) is 6.42 Å². The third kappa shape index (κ3) is 2.54. The summed E-state index contributed by atoms with van der Waals surface area (Å²) in [5.41, 5.74) is 2.21. The molecule has 100 valence electrons. The smallest absolute Gasteiger partial charge is 0.230 e. The van der Waals surface area contributed by atoms with Crippen LogP contribution in [0.3, 0.4) is 0 Å². The fourth-order valence-corrected chi connectivity index (χ4v) is 3.04. The number of aromatic nitrogens is 2. The molecule has 0 fully saturated rings. The van der Waals surface area contributed by atoms with Gasteiger partial charge in [0.05, 0.1) is 12.1 Å². The molecule has 6 heteroatoms. The molecule has 0 unspecified atom stereocenters. The Kier molecular flexibility index (Phi) is 3.35. The largest absolute Gasteiger partial charge is 0.312 e. The summed E-state index contributed by atoms with van der Waals surface area (Å²) in [6, 6.07) is 3.94. The lowest BCUT2D eigenvalue weighted by Gasteiger charge is -2.13. The lowest BCUT2D eigenvalue weighted by Crippen LogP contribution is -2.24. The second kappa shape index (κ2) is 5.14. The van der Waals surface area contributed by atoms with Gasteiger partial charge in [0.15, 0.2) is 0 Å². The van der Waals surface area contributed by atoms with Crippen LogP contribution in [0.1, 0.15) is 16.1 Å². The molecule has 0 atom stereocenters. The molecule has 5 nitrogen and oxygen atoms in total. The van der Waals surface area contributed by atoms with Gasteiger partial charge in [0, 0.05) is 37.0 Å². The molecule has 3 heterocycles. The van der Waals surface area contributed by atoms with E-state index in [-0.39, 0.29) is 5.91 Å². The zero-order valence-corrected chi connectivity index (χ0v) is 11.6. The number of carbonyl (C=O) groups excluding carboxylic acids is 1. The summed E-state index contributed by atoms with van der Waals surface area (Å²) in [5, 5.41) is 12.7. The third-order valence-electron chi connectivity index (χ3n) is 3.24. The van der Waals surface area contributed by atoms with E-state index in [1.54, 1.807) is 16.0 Å². The molecule has 0 spiro atoms. The average molecular weight is 276 g/mol. The molecule has 3 rings (SSSR count). The lowest BCUT2D eigenvalue weighted by molar-refractivity contribution is -0.115. The van der Waals surface area contributed by atoms with Crippen LogP contribution in [-0.4, -0.2) is 22.2 Å². The van der Waals surface area contributed by atoms with Gasteiger partial charge in [-0.3, -0.25) is 9.48 Å². The van der Waals surface area contributed by atoms with E-state index < -0.39 is 0 Å². The van der Waals surface area contributed by atoms with Crippen LogP contribution in [0, 0.1) is 0 Å². The zero-order valence-electron chi connectivity index (χ0n) is 10.8. The van der Waals surface area contributed by atoms with Crippen molar-refractivity contribution < 1.29 is 4.79 Å². The summed E-state index contributed by atoms with van der Waals surface area (Å²) in [7, 11) is 1.87. The number of anilines is 1. The van der Waals surface area contributed by atoms with E-state index in [1.165, 1.54) is 0 Å². The number of nitrogens with zero attached hydrogens (tertiary/aromatic N) is 2. The number of thiophene rings is 1. The predicted octanol–water partition coefficient (Wildman–Crippen LogP) is 1.31. The monoisotopic (exact) mass is 276 g/mol. The topological polar surface area (TPSA) is 59.0 Å². The van der Waals surface area contributed by atoms with Crippen molar-refractivity contribution in [1.29, 1.82) is 0 Å². The van der Waals surface area contributed by atoms with Crippen LogP contribution in [0.5, 0.6) is 0 Å². The van der Waals surface area contributed by atoms with Crippen molar-refractivity contribution in [3.05, 3.63) is 33.6 Å². The second-order valence-corrected chi connectivity index (χ2v) is 5.66. The number of hydrogen-bond acceptors (Lipinski definition) is 4. The standard InChI is InChI=1S/C13H16N4OS/c1-17-13(10-8-14-5-4-11(10)16-17)15-12(18)7-9-3-2-6-19-9/h2-3,6,14H,4-5,7-8H2,1H3,(H,15,18). The van der Waals surface area contributed by atoms with Crippen molar-refractivity contribution in [3.8, 4) is 0 Å². The Labute approximate surface area is 115 Å². The lowest BCUT2D eigenvalue weighted by atomic mass is 10.1. The highest BCUT2D eigenvalue weighted by Crippen LogP contribution is 2.22. The van der Waals surface area contributed by atoms with Crippen LogP contribution < -0.4 is 10.6 Å². The Bertz CT molecular complexity index is 588. The molecule has 2 N–H and O–H groups in total. The summed E-state index contributed by atoms with van der Waals surface area (Å²) < 4.78 is 1.77. The van der Waals surface area contributed by atoms with Crippen molar-refractivity contribution >= 4 is 23.1 Å². The van der Waals surface area contributed by atoms with Gasteiger partial charge in [-0.15, -0.1) is 11.3 Å². The summed E-state index contributed by atoms with van der Waals surface area (Å²) in [5.74, 6) is 0.836. The van der Waals surface area contributed by atoms with Gasteiger partial charge in [-0.05, 0) is 11.4 Å². The molecule has 19 heavy (non-hydrogen) atoms. The molecule has 1 aliphatic rings. The van der Waals surface area contributed by atoms with Gasteiger partial charge in [0.1, 0.15) is 5.82 Å². The number of rotatable bonds is 3. The number of fused-ring (bicyclic) bond motifs is 1. The normalized spacial score (nSPS) is 14.2. The zero-order chi connectivity index (χ0) is 13.2. The first-order chi connectivity index (χ1) is 9.24. The molecule has 2 aromatic rings. The highest BCUT2D eigenvalue weighted by Gasteiger charge is 2.20. The molecule has 1 aliphatic heterocycles. The highest BCUT2D eigenvalue weighted by molar-refractivity contribution is 7.10. The van der Waals surface area contributed by atoms with Gasteiger partial charge in [-0.1, -0.05) is 6.07 Å². The quantitative estimate of drug-likeness (QED) is 0.888. The number of amides is 1. The Balaban J connectivity index is 1.76. The van der Waals surface area contributed by atoms with Crippen molar-refractivity contribution in [3.63, 3.8) is 0 Å². The molecule has 0 saturated heterocycles. The Morgan fingerprint density at radius 2 is 2.53 bits per heavy atom. The fraction of sp³-hybridized carbons (Fsp3) is 0.385. The number of hydrogen-bond donors (Lipinski definition) is 2. The maximum absolute atomic E-state index is 12.0. The summed E-state index contributed by atoms with van der Waals surface area (Å²) >= 11 is 1.60. The molecule has 0 bridgehead atoms. The van der Waals surface area contributed by atoms with Gasteiger partial charge in [-0.2, -0.15) is 5.10 Å². The molecule has 1 amide bonds. The predicted molar refractivity (Wildman–Crippen MR) is 75.3 cm³/mol. The van der Waals surface area contributed by atoms with Crippen molar-refractivity contribution in [2.75, 3.05) is 11.9 Å². The summed E-state index contributed by atoms with van der Waals surface area (Å²) in [4.78, 5) is 13.1.